The van der Waals surface area contributed by atoms with Gasteiger partial charge < -0.3 is 4.84 Å². The molecule has 1 aromatic carbocycles. The molecule has 0 bridgehead atoms. The number of hydroxylamine groups is 1. The number of benzene rings is 1. The molecule has 1 aromatic rings. The van der Waals surface area contributed by atoms with Crippen LogP contribution in [-0.4, -0.2) is 6.61 Å². The minimum atomic E-state index is 0.702. The summed E-state index contributed by atoms with van der Waals surface area (Å²) in [6.07, 6.45) is 1.10. The van der Waals surface area contributed by atoms with Crippen molar-refractivity contribution >= 4 is 0 Å². The van der Waals surface area contributed by atoms with Gasteiger partial charge in [-0.1, -0.05) is 44.2 Å². The first kappa shape index (κ1) is 11.2. The average molecular weight is 193 g/mol. The summed E-state index contributed by atoms with van der Waals surface area (Å²) >= 11 is 0. The summed E-state index contributed by atoms with van der Waals surface area (Å²) in [7, 11) is 0. The molecule has 0 radical (unpaired) electrons. The highest BCUT2D eigenvalue weighted by Crippen LogP contribution is 1.99. The van der Waals surface area contributed by atoms with Crippen LogP contribution in [0.25, 0.3) is 0 Å². The summed E-state index contributed by atoms with van der Waals surface area (Å²) in [4.78, 5) is 5.30. The van der Waals surface area contributed by atoms with Gasteiger partial charge in [0.25, 0.3) is 0 Å². The van der Waals surface area contributed by atoms with Gasteiger partial charge in [0, 0.05) is 6.54 Å². The van der Waals surface area contributed by atoms with Gasteiger partial charge in [0.2, 0.25) is 0 Å². The molecular formula is C12H19NO. The molecule has 0 amide bonds. The van der Waals surface area contributed by atoms with E-state index in [2.05, 4.69) is 31.5 Å². The number of hydrogen-bond donors (Lipinski definition) is 1. The van der Waals surface area contributed by atoms with Crippen molar-refractivity contribution in [2.75, 3.05) is 6.61 Å². The fraction of sp³-hybridized carbons (Fsp3) is 0.500. The van der Waals surface area contributed by atoms with Crippen molar-refractivity contribution in [1.82, 2.24) is 5.48 Å². The lowest BCUT2D eigenvalue weighted by atomic mass is 10.1. The molecule has 0 saturated heterocycles. The molecule has 0 aromatic heterocycles. The van der Waals surface area contributed by atoms with Crippen LogP contribution in [0.4, 0.5) is 0 Å². The third-order valence-electron chi connectivity index (χ3n) is 2.02. The molecule has 0 fully saturated rings. The van der Waals surface area contributed by atoms with E-state index in [-0.39, 0.29) is 0 Å². The molecule has 1 rings (SSSR count). The van der Waals surface area contributed by atoms with Crippen molar-refractivity contribution in [2.24, 2.45) is 5.92 Å². The van der Waals surface area contributed by atoms with Crippen LogP contribution in [0.3, 0.4) is 0 Å². The fourth-order valence-electron chi connectivity index (χ4n) is 1.10. The van der Waals surface area contributed by atoms with E-state index in [4.69, 9.17) is 4.84 Å². The summed E-state index contributed by atoms with van der Waals surface area (Å²) in [5, 5.41) is 0. The zero-order chi connectivity index (χ0) is 10.2. The highest BCUT2D eigenvalue weighted by atomic mass is 16.6. The smallest absolute Gasteiger partial charge is 0.0684 e. The molecule has 14 heavy (non-hydrogen) atoms. The van der Waals surface area contributed by atoms with Crippen LogP contribution < -0.4 is 5.48 Å². The number of nitrogens with one attached hydrogen (secondary N) is 1. The lowest BCUT2D eigenvalue weighted by Crippen LogP contribution is -2.15. The van der Waals surface area contributed by atoms with Gasteiger partial charge in [-0.25, -0.2) is 0 Å². The summed E-state index contributed by atoms with van der Waals surface area (Å²) in [5.41, 5.74) is 4.20. The van der Waals surface area contributed by atoms with E-state index in [1.807, 2.05) is 18.2 Å². The van der Waals surface area contributed by atoms with Crippen LogP contribution >= 0.6 is 0 Å². The van der Waals surface area contributed by atoms with Crippen molar-refractivity contribution in [3.05, 3.63) is 35.9 Å². The molecule has 0 heterocycles. The van der Waals surface area contributed by atoms with Crippen molar-refractivity contribution in [1.29, 1.82) is 0 Å². The maximum Gasteiger partial charge on any atom is 0.0684 e. The second kappa shape index (κ2) is 6.57. The normalized spacial score (nSPS) is 10.8. The first-order valence-corrected chi connectivity index (χ1v) is 5.17. The van der Waals surface area contributed by atoms with Crippen molar-refractivity contribution < 1.29 is 4.84 Å². The highest BCUT2D eigenvalue weighted by Gasteiger charge is 1.94. The average Bonchev–Trinajstić information content (AvgIpc) is 2.18. The predicted octanol–water partition coefficient (Wildman–Crippen LogP) is 2.75. The van der Waals surface area contributed by atoms with Gasteiger partial charge in [-0.05, 0) is 17.9 Å². The van der Waals surface area contributed by atoms with Crippen LogP contribution in [-0.2, 0) is 11.4 Å². The lowest BCUT2D eigenvalue weighted by molar-refractivity contribution is 0.0301. The molecule has 0 aliphatic heterocycles. The molecule has 0 atom stereocenters. The Balaban J connectivity index is 2.05. The third kappa shape index (κ3) is 5.00. The van der Waals surface area contributed by atoms with Crippen molar-refractivity contribution in [3.8, 4) is 0 Å². The minimum Gasteiger partial charge on any atom is -0.301 e. The van der Waals surface area contributed by atoms with E-state index in [1.165, 1.54) is 5.56 Å². The molecule has 0 saturated carbocycles. The van der Waals surface area contributed by atoms with Gasteiger partial charge in [0.05, 0.1) is 6.61 Å². The van der Waals surface area contributed by atoms with Gasteiger partial charge in [0.15, 0.2) is 0 Å². The van der Waals surface area contributed by atoms with Gasteiger partial charge in [-0.2, -0.15) is 5.48 Å². The molecule has 1 N–H and O–H groups in total. The largest absolute Gasteiger partial charge is 0.301 e. The van der Waals surface area contributed by atoms with Crippen LogP contribution in [0.5, 0.6) is 0 Å². The maximum absolute atomic E-state index is 5.30. The van der Waals surface area contributed by atoms with E-state index in [1.54, 1.807) is 0 Å². The maximum atomic E-state index is 5.30. The molecule has 78 valence electrons. The summed E-state index contributed by atoms with van der Waals surface area (Å²) in [5.74, 6) is 0.702. The second-order valence-corrected chi connectivity index (χ2v) is 3.84. The Morgan fingerprint density at radius 3 is 2.57 bits per heavy atom. The SMILES string of the molecule is CC(C)CCONCc1ccccc1. The van der Waals surface area contributed by atoms with Gasteiger partial charge in [-0.15, -0.1) is 0 Å². The van der Waals surface area contributed by atoms with E-state index in [9.17, 15) is 0 Å². The molecule has 0 unspecified atom stereocenters. The van der Waals surface area contributed by atoms with E-state index >= 15 is 0 Å². The zero-order valence-electron chi connectivity index (χ0n) is 8.99. The monoisotopic (exact) mass is 193 g/mol. The van der Waals surface area contributed by atoms with Crippen LogP contribution in [0.1, 0.15) is 25.8 Å². The first-order valence-electron chi connectivity index (χ1n) is 5.17. The van der Waals surface area contributed by atoms with E-state index in [0.717, 1.165) is 19.6 Å². The number of hydrogen-bond acceptors (Lipinski definition) is 2. The Labute approximate surface area is 86.2 Å². The Morgan fingerprint density at radius 2 is 1.93 bits per heavy atom. The summed E-state index contributed by atoms with van der Waals surface area (Å²) in [6, 6.07) is 10.2. The van der Waals surface area contributed by atoms with E-state index < -0.39 is 0 Å². The summed E-state index contributed by atoms with van der Waals surface area (Å²) in [6.45, 7) is 5.95. The molecule has 2 nitrogen and oxygen atoms in total. The Morgan fingerprint density at radius 1 is 1.21 bits per heavy atom. The molecule has 0 spiro atoms. The number of rotatable bonds is 6. The fourth-order valence-corrected chi connectivity index (χ4v) is 1.10. The van der Waals surface area contributed by atoms with Crippen LogP contribution in [0, 0.1) is 5.92 Å². The zero-order valence-corrected chi connectivity index (χ0v) is 8.99. The lowest BCUT2D eigenvalue weighted by Gasteiger charge is -2.07. The van der Waals surface area contributed by atoms with Crippen molar-refractivity contribution in [2.45, 2.75) is 26.8 Å². The molecule has 2 heteroatoms. The molecule has 0 aliphatic rings. The predicted molar refractivity (Wildman–Crippen MR) is 58.7 cm³/mol. The second-order valence-electron chi connectivity index (χ2n) is 3.84. The first-order chi connectivity index (χ1) is 6.79. The highest BCUT2D eigenvalue weighted by molar-refractivity contribution is 5.13. The quantitative estimate of drug-likeness (QED) is 0.554. The van der Waals surface area contributed by atoms with Crippen LogP contribution in [0.2, 0.25) is 0 Å². The van der Waals surface area contributed by atoms with E-state index in [0.29, 0.717) is 5.92 Å². The van der Waals surface area contributed by atoms with Crippen molar-refractivity contribution in [3.63, 3.8) is 0 Å². The van der Waals surface area contributed by atoms with Gasteiger partial charge >= 0.3 is 0 Å². The Bertz CT molecular complexity index is 233. The standard InChI is InChI=1S/C12H19NO/c1-11(2)8-9-14-13-10-12-6-4-3-5-7-12/h3-7,11,13H,8-10H2,1-2H3. The third-order valence-corrected chi connectivity index (χ3v) is 2.02. The Kier molecular flexibility index (Phi) is 5.27. The summed E-state index contributed by atoms with van der Waals surface area (Å²) < 4.78 is 0. The Hall–Kier alpha value is -0.860. The topological polar surface area (TPSA) is 21.3 Å². The molecule has 0 aliphatic carbocycles. The van der Waals surface area contributed by atoms with Crippen LogP contribution in [0.15, 0.2) is 30.3 Å². The minimum absolute atomic E-state index is 0.702. The van der Waals surface area contributed by atoms with Gasteiger partial charge in [-0.3, -0.25) is 0 Å². The molecular weight excluding hydrogens is 174 g/mol. The van der Waals surface area contributed by atoms with Gasteiger partial charge in [0.1, 0.15) is 0 Å².